The van der Waals surface area contributed by atoms with Gasteiger partial charge in [-0.1, -0.05) is 12.1 Å². The van der Waals surface area contributed by atoms with Gasteiger partial charge in [0.05, 0.1) is 5.56 Å². The second-order valence-electron chi connectivity index (χ2n) is 6.84. The number of likely N-dealkylation sites (tertiary alicyclic amines) is 1. The summed E-state index contributed by atoms with van der Waals surface area (Å²) in [5.41, 5.74) is 1.11. The van der Waals surface area contributed by atoms with Gasteiger partial charge in [0.2, 0.25) is 0 Å². The summed E-state index contributed by atoms with van der Waals surface area (Å²) in [6.45, 7) is 1.88. The molecule has 1 atom stereocenters. The molecule has 0 amide bonds. The number of rotatable bonds is 3. The number of piperidine rings is 1. The number of fused-ring (bicyclic) bond motifs is 1. The van der Waals surface area contributed by atoms with Gasteiger partial charge in [-0.15, -0.1) is 10.2 Å². The Morgan fingerprint density at radius 1 is 1.15 bits per heavy atom. The fourth-order valence-corrected chi connectivity index (χ4v) is 3.43. The molecule has 0 saturated carbocycles. The number of nitrogens with zero attached hydrogens (tertiary/aromatic N) is 3. The van der Waals surface area contributed by atoms with Gasteiger partial charge in [-0.3, -0.25) is 0 Å². The number of hydrogen-bond acceptors (Lipinski definition) is 4. The van der Waals surface area contributed by atoms with Crippen molar-refractivity contribution in [2.24, 2.45) is 0 Å². The van der Waals surface area contributed by atoms with Crippen LogP contribution in [0.2, 0.25) is 0 Å². The van der Waals surface area contributed by atoms with Crippen molar-refractivity contribution < 1.29 is 17.9 Å². The third-order valence-electron chi connectivity index (χ3n) is 4.80. The van der Waals surface area contributed by atoms with Gasteiger partial charge in [0, 0.05) is 23.7 Å². The highest BCUT2D eigenvalue weighted by atomic mass is 19.4. The van der Waals surface area contributed by atoms with Crippen LogP contribution < -0.4 is 4.74 Å². The van der Waals surface area contributed by atoms with E-state index >= 15 is 0 Å². The Bertz CT molecular complexity index is 936. The van der Waals surface area contributed by atoms with Gasteiger partial charge in [0.15, 0.2) is 0 Å². The fraction of sp³-hybridized carbons (Fsp3) is 0.368. The molecule has 5 nitrogen and oxygen atoms in total. The molecule has 0 aliphatic carbocycles. The smallest absolute Gasteiger partial charge is 0.416 e. The Labute approximate surface area is 154 Å². The Kier molecular flexibility index (Phi) is 4.51. The van der Waals surface area contributed by atoms with Crippen LogP contribution in [0.3, 0.4) is 0 Å². The van der Waals surface area contributed by atoms with Crippen LogP contribution in [0.1, 0.15) is 18.4 Å². The SMILES string of the molecule is CN1CCC[C@@H](Oc2nnc(-c3ccc(C(F)(F)F)cc3)c3cc[nH]c23)C1. The standard InChI is InChI=1S/C19H19F3N4O/c1-26-10-2-3-14(11-26)27-18-17-15(8-9-23-17)16(24-25-18)12-4-6-13(7-5-12)19(20,21)22/h4-9,14,23H,2-3,10-11H2,1H3/t14-/m1/s1. The lowest BCUT2D eigenvalue weighted by Crippen LogP contribution is -2.38. The first kappa shape index (κ1) is 17.8. The Balaban J connectivity index is 1.65. The first-order chi connectivity index (χ1) is 12.9. The molecule has 1 fully saturated rings. The molecule has 1 saturated heterocycles. The number of alkyl halides is 3. The van der Waals surface area contributed by atoms with E-state index in [2.05, 4.69) is 27.1 Å². The normalized spacial score (nSPS) is 18.7. The molecule has 1 N–H and O–H groups in total. The monoisotopic (exact) mass is 376 g/mol. The lowest BCUT2D eigenvalue weighted by molar-refractivity contribution is -0.137. The van der Waals surface area contributed by atoms with Crippen LogP contribution in [0.5, 0.6) is 5.88 Å². The van der Waals surface area contributed by atoms with Crippen molar-refractivity contribution in [3.8, 4) is 17.1 Å². The second kappa shape index (κ2) is 6.84. The summed E-state index contributed by atoms with van der Waals surface area (Å²) >= 11 is 0. The number of aromatic amines is 1. The number of ether oxygens (including phenoxy) is 1. The number of hydrogen-bond donors (Lipinski definition) is 1. The summed E-state index contributed by atoms with van der Waals surface area (Å²) in [6, 6.07) is 6.76. The summed E-state index contributed by atoms with van der Waals surface area (Å²) in [6.07, 6.45) is -0.553. The highest BCUT2D eigenvalue weighted by Gasteiger charge is 2.30. The number of nitrogens with one attached hydrogen (secondary N) is 1. The van der Waals surface area contributed by atoms with Crippen LogP contribution >= 0.6 is 0 Å². The van der Waals surface area contributed by atoms with Crippen LogP contribution in [0.25, 0.3) is 22.2 Å². The van der Waals surface area contributed by atoms with Crippen molar-refractivity contribution in [3.05, 3.63) is 42.1 Å². The maximum atomic E-state index is 12.8. The van der Waals surface area contributed by atoms with Gasteiger partial charge in [-0.2, -0.15) is 13.2 Å². The largest absolute Gasteiger partial charge is 0.470 e. The van der Waals surface area contributed by atoms with Gasteiger partial charge in [0.25, 0.3) is 5.88 Å². The highest BCUT2D eigenvalue weighted by Crippen LogP contribution is 2.34. The molecule has 4 rings (SSSR count). The zero-order chi connectivity index (χ0) is 19.0. The van der Waals surface area contributed by atoms with Crippen molar-refractivity contribution in [3.63, 3.8) is 0 Å². The molecule has 1 aromatic carbocycles. The Morgan fingerprint density at radius 3 is 2.63 bits per heavy atom. The molecule has 3 aromatic rings. The van der Waals surface area contributed by atoms with E-state index in [9.17, 15) is 13.2 Å². The minimum Gasteiger partial charge on any atom is -0.470 e. The maximum Gasteiger partial charge on any atom is 0.416 e. The van der Waals surface area contributed by atoms with Gasteiger partial charge < -0.3 is 14.6 Å². The summed E-state index contributed by atoms with van der Waals surface area (Å²) in [4.78, 5) is 5.33. The summed E-state index contributed by atoms with van der Waals surface area (Å²) < 4.78 is 44.4. The van der Waals surface area contributed by atoms with Crippen LogP contribution in [-0.2, 0) is 6.18 Å². The zero-order valence-electron chi connectivity index (χ0n) is 14.8. The van der Waals surface area contributed by atoms with Gasteiger partial charge in [0.1, 0.15) is 17.3 Å². The van der Waals surface area contributed by atoms with Crippen LogP contribution in [0.15, 0.2) is 36.5 Å². The molecule has 142 valence electrons. The van der Waals surface area contributed by atoms with Crippen molar-refractivity contribution in [2.45, 2.75) is 25.1 Å². The van der Waals surface area contributed by atoms with Crippen molar-refractivity contribution in [1.29, 1.82) is 0 Å². The topological polar surface area (TPSA) is 54.0 Å². The lowest BCUT2D eigenvalue weighted by Gasteiger charge is -2.29. The Hall–Kier alpha value is -2.61. The van der Waals surface area contributed by atoms with E-state index in [1.54, 1.807) is 6.20 Å². The van der Waals surface area contributed by atoms with Gasteiger partial charge in [-0.25, -0.2) is 0 Å². The van der Waals surface area contributed by atoms with Gasteiger partial charge >= 0.3 is 6.18 Å². The molecule has 0 unspecified atom stereocenters. The van der Waals surface area contributed by atoms with Crippen molar-refractivity contribution >= 4 is 10.9 Å². The van der Waals surface area contributed by atoms with Crippen molar-refractivity contribution in [2.75, 3.05) is 20.1 Å². The summed E-state index contributed by atoms with van der Waals surface area (Å²) in [5.74, 6) is 0.422. The third-order valence-corrected chi connectivity index (χ3v) is 4.80. The molecule has 2 aromatic heterocycles. The average Bonchev–Trinajstić information content (AvgIpc) is 3.12. The molecule has 1 aliphatic heterocycles. The Morgan fingerprint density at radius 2 is 1.93 bits per heavy atom. The molecule has 27 heavy (non-hydrogen) atoms. The van der Waals surface area contributed by atoms with Crippen LogP contribution in [0.4, 0.5) is 13.2 Å². The molecule has 3 heterocycles. The summed E-state index contributed by atoms with van der Waals surface area (Å²) in [7, 11) is 2.05. The molecular weight excluding hydrogens is 357 g/mol. The minimum absolute atomic E-state index is 0.0430. The highest BCUT2D eigenvalue weighted by molar-refractivity contribution is 5.95. The van der Waals surface area contributed by atoms with Gasteiger partial charge in [-0.05, 0) is 44.6 Å². The van der Waals surface area contributed by atoms with Crippen LogP contribution in [-0.4, -0.2) is 46.3 Å². The van der Waals surface area contributed by atoms with E-state index in [-0.39, 0.29) is 6.10 Å². The molecular formula is C19H19F3N4O. The zero-order valence-corrected chi connectivity index (χ0v) is 14.8. The van der Waals surface area contributed by atoms with Crippen molar-refractivity contribution in [1.82, 2.24) is 20.1 Å². The first-order valence-corrected chi connectivity index (χ1v) is 8.78. The van der Waals surface area contributed by atoms with E-state index < -0.39 is 11.7 Å². The lowest BCUT2D eigenvalue weighted by atomic mass is 10.1. The minimum atomic E-state index is -4.36. The predicted molar refractivity (Wildman–Crippen MR) is 95.5 cm³/mol. The number of benzene rings is 1. The summed E-state index contributed by atoms with van der Waals surface area (Å²) in [5, 5.41) is 9.20. The predicted octanol–water partition coefficient (Wildman–Crippen LogP) is 4.12. The second-order valence-corrected chi connectivity index (χ2v) is 6.84. The number of halogens is 3. The first-order valence-electron chi connectivity index (χ1n) is 8.78. The molecule has 0 bridgehead atoms. The molecule has 1 aliphatic rings. The number of likely N-dealkylation sites (N-methyl/N-ethyl adjacent to an activating group) is 1. The van der Waals surface area contributed by atoms with E-state index in [1.165, 1.54) is 12.1 Å². The third kappa shape index (κ3) is 3.62. The van der Waals surface area contributed by atoms with E-state index in [0.717, 1.165) is 43.5 Å². The van der Waals surface area contributed by atoms with E-state index in [1.807, 2.05) is 6.07 Å². The molecule has 0 radical (unpaired) electrons. The average molecular weight is 376 g/mol. The fourth-order valence-electron chi connectivity index (χ4n) is 3.43. The molecule has 8 heteroatoms. The van der Waals surface area contributed by atoms with E-state index in [4.69, 9.17) is 4.74 Å². The molecule has 0 spiro atoms. The number of aromatic nitrogens is 3. The quantitative estimate of drug-likeness (QED) is 0.747. The number of H-pyrrole nitrogens is 1. The van der Waals surface area contributed by atoms with E-state index in [0.29, 0.717) is 22.7 Å². The van der Waals surface area contributed by atoms with Crippen LogP contribution in [0, 0.1) is 0 Å². The maximum absolute atomic E-state index is 12.8.